The summed E-state index contributed by atoms with van der Waals surface area (Å²) in [7, 11) is 3.11. The third-order valence-corrected chi connectivity index (χ3v) is 5.79. The van der Waals surface area contributed by atoms with Crippen molar-refractivity contribution in [2.45, 2.75) is 33.6 Å². The lowest BCUT2D eigenvalue weighted by Crippen LogP contribution is -2.41. The molecule has 6 heteroatoms. The van der Waals surface area contributed by atoms with Crippen molar-refractivity contribution in [2.75, 3.05) is 27.3 Å². The van der Waals surface area contributed by atoms with E-state index < -0.39 is 0 Å². The number of methoxy groups -OCH3 is 2. The maximum atomic E-state index is 12.9. The van der Waals surface area contributed by atoms with Gasteiger partial charge >= 0.3 is 5.97 Å². The predicted octanol–water partition coefficient (Wildman–Crippen LogP) is 4.09. The summed E-state index contributed by atoms with van der Waals surface area (Å²) in [4.78, 5) is 27.4. The minimum atomic E-state index is -0.220. The maximum absolute atomic E-state index is 12.9. The van der Waals surface area contributed by atoms with Crippen LogP contribution < -0.4 is 14.2 Å². The topological polar surface area (TPSA) is 65.1 Å². The second-order valence-electron chi connectivity index (χ2n) is 7.74. The number of carbonyl (C=O) groups excluding carboxylic acids is 2. The first kappa shape index (κ1) is 21.7. The average molecular weight is 411 g/mol. The van der Waals surface area contributed by atoms with Crippen LogP contribution >= 0.6 is 0 Å². The lowest BCUT2D eigenvalue weighted by atomic mass is 9.96. The Hall–Kier alpha value is -3.02. The minimum absolute atomic E-state index is 0.0932. The Balaban J connectivity index is 1.64. The molecule has 1 saturated heterocycles. The molecule has 6 nitrogen and oxygen atoms in total. The largest absolute Gasteiger partial charge is 0.497 e. The molecule has 1 fully saturated rings. The molecule has 160 valence electrons. The van der Waals surface area contributed by atoms with Crippen LogP contribution in [-0.2, 0) is 4.79 Å². The van der Waals surface area contributed by atoms with E-state index in [9.17, 15) is 9.59 Å². The molecule has 30 heavy (non-hydrogen) atoms. The summed E-state index contributed by atoms with van der Waals surface area (Å²) in [5.41, 5.74) is 3.55. The number of carbonyl (C=O) groups is 2. The van der Waals surface area contributed by atoms with Gasteiger partial charge in [-0.25, -0.2) is 0 Å². The highest BCUT2D eigenvalue weighted by molar-refractivity contribution is 5.95. The highest BCUT2D eigenvalue weighted by Gasteiger charge is 2.30. The molecule has 0 atom stereocenters. The van der Waals surface area contributed by atoms with E-state index in [1.807, 2.05) is 32.9 Å². The van der Waals surface area contributed by atoms with Gasteiger partial charge in [-0.2, -0.15) is 0 Å². The van der Waals surface area contributed by atoms with E-state index in [0.29, 0.717) is 48.7 Å². The standard InChI is InChI=1S/C24H29NO5/c1-15-6-7-16(2)22(17(15)3)30-24(27)18-8-10-25(11-9-18)23(26)19-12-20(28-4)14-21(13-19)29-5/h6-7,12-14,18H,8-11H2,1-5H3. The van der Waals surface area contributed by atoms with Crippen molar-refractivity contribution in [2.24, 2.45) is 5.92 Å². The molecule has 1 amide bonds. The molecule has 3 rings (SSSR count). The van der Waals surface area contributed by atoms with Gasteiger partial charge in [0, 0.05) is 24.7 Å². The van der Waals surface area contributed by atoms with E-state index in [1.165, 1.54) is 0 Å². The molecular weight excluding hydrogens is 382 g/mol. The lowest BCUT2D eigenvalue weighted by Gasteiger charge is -2.31. The molecule has 1 aliphatic heterocycles. The van der Waals surface area contributed by atoms with Crippen molar-refractivity contribution < 1.29 is 23.8 Å². The van der Waals surface area contributed by atoms with E-state index in [2.05, 4.69) is 0 Å². The van der Waals surface area contributed by atoms with Gasteiger partial charge in [0.2, 0.25) is 0 Å². The first-order valence-corrected chi connectivity index (χ1v) is 10.1. The molecule has 0 aliphatic carbocycles. The average Bonchev–Trinajstić information content (AvgIpc) is 2.78. The molecule has 0 spiro atoms. The number of benzene rings is 2. The third-order valence-electron chi connectivity index (χ3n) is 5.79. The van der Waals surface area contributed by atoms with E-state index in [4.69, 9.17) is 14.2 Å². The molecule has 2 aromatic rings. The number of likely N-dealkylation sites (tertiary alicyclic amines) is 1. The van der Waals surface area contributed by atoms with Gasteiger partial charge in [0.1, 0.15) is 17.2 Å². The molecule has 0 radical (unpaired) electrons. The van der Waals surface area contributed by atoms with Crippen molar-refractivity contribution in [1.82, 2.24) is 4.90 Å². The van der Waals surface area contributed by atoms with Gasteiger partial charge in [-0.05, 0) is 62.4 Å². The van der Waals surface area contributed by atoms with Gasteiger partial charge in [-0.1, -0.05) is 12.1 Å². The first-order valence-electron chi connectivity index (χ1n) is 10.1. The van der Waals surface area contributed by atoms with Gasteiger partial charge in [0.25, 0.3) is 5.91 Å². The normalized spacial score (nSPS) is 14.4. The van der Waals surface area contributed by atoms with Crippen molar-refractivity contribution in [3.63, 3.8) is 0 Å². The molecule has 1 heterocycles. The number of hydrogen-bond donors (Lipinski definition) is 0. The highest BCUT2D eigenvalue weighted by Crippen LogP contribution is 2.29. The second-order valence-corrected chi connectivity index (χ2v) is 7.74. The second kappa shape index (κ2) is 9.20. The zero-order valence-electron chi connectivity index (χ0n) is 18.3. The molecule has 0 unspecified atom stereocenters. The summed E-state index contributed by atoms with van der Waals surface area (Å²) < 4.78 is 16.3. The first-order chi connectivity index (χ1) is 14.3. The zero-order chi connectivity index (χ0) is 21.8. The predicted molar refractivity (Wildman–Crippen MR) is 114 cm³/mol. The Labute approximate surface area is 177 Å². The van der Waals surface area contributed by atoms with Crippen molar-refractivity contribution in [3.8, 4) is 17.2 Å². The van der Waals surface area contributed by atoms with E-state index in [0.717, 1.165) is 16.7 Å². The monoisotopic (exact) mass is 411 g/mol. The van der Waals surface area contributed by atoms with E-state index in [1.54, 1.807) is 37.3 Å². The van der Waals surface area contributed by atoms with Crippen molar-refractivity contribution in [1.29, 1.82) is 0 Å². The number of nitrogens with zero attached hydrogens (tertiary/aromatic N) is 1. The molecule has 0 aromatic heterocycles. The summed E-state index contributed by atoms with van der Waals surface area (Å²) >= 11 is 0. The number of esters is 1. The zero-order valence-corrected chi connectivity index (χ0v) is 18.3. The van der Waals surface area contributed by atoms with Crippen LogP contribution in [0, 0.1) is 26.7 Å². The van der Waals surface area contributed by atoms with Gasteiger partial charge in [0.05, 0.1) is 20.1 Å². The number of ether oxygens (including phenoxy) is 3. The van der Waals surface area contributed by atoms with Crippen molar-refractivity contribution in [3.05, 3.63) is 52.6 Å². The number of rotatable bonds is 5. The summed E-state index contributed by atoms with van der Waals surface area (Å²) in [6.07, 6.45) is 1.16. The molecule has 0 saturated carbocycles. The van der Waals surface area contributed by atoms with E-state index in [-0.39, 0.29) is 17.8 Å². The Morgan fingerprint density at radius 2 is 1.47 bits per heavy atom. The minimum Gasteiger partial charge on any atom is -0.497 e. The van der Waals surface area contributed by atoms with E-state index >= 15 is 0 Å². The summed E-state index contributed by atoms with van der Waals surface area (Å²) in [6, 6.07) is 9.13. The van der Waals surface area contributed by atoms with Crippen LogP contribution in [0.25, 0.3) is 0 Å². The molecule has 0 N–H and O–H groups in total. The van der Waals surface area contributed by atoms with Gasteiger partial charge in [-0.3, -0.25) is 9.59 Å². The Morgan fingerprint density at radius 1 is 0.900 bits per heavy atom. The van der Waals surface area contributed by atoms with Gasteiger partial charge < -0.3 is 19.1 Å². The fraction of sp³-hybridized carbons (Fsp3) is 0.417. The van der Waals surface area contributed by atoms with Crippen LogP contribution in [0.15, 0.2) is 30.3 Å². The third kappa shape index (κ3) is 4.58. The number of aryl methyl sites for hydroxylation is 2. The molecular formula is C24H29NO5. The summed E-state index contributed by atoms with van der Waals surface area (Å²) in [5.74, 6) is 1.27. The van der Waals surface area contributed by atoms with Gasteiger partial charge in [0.15, 0.2) is 0 Å². The maximum Gasteiger partial charge on any atom is 0.314 e. The number of hydrogen-bond acceptors (Lipinski definition) is 5. The fourth-order valence-corrected chi connectivity index (χ4v) is 3.70. The number of amides is 1. The SMILES string of the molecule is COc1cc(OC)cc(C(=O)N2CCC(C(=O)Oc3c(C)ccc(C)c3C)CC2)c1. The van der Waals surface area contributed by atoms with Gasteiger partial charge in [-0.15, -0.1) is 0 Å². The van der Waals surface area contributed by atoms with Crippen LogP contribution in [0.2, 0.25) is 0 Å². The molecule has 0 bridgehead atoms. The fourth-order valence-electron chi connectivity index (χ4n) is 3.70. The lowest BCUT2D eigenvalue weighted by molar-refractivity contribution is -0.140. The molecule has 1 aliphatic rings. The Kier molecular flexibility index (Phi) is 6.65. The molecule has 2 aromatic carbocycles. The smallest absolute Gasteiger partial charge is 0.314 e. The van der Waals surface area contributed by atoms with Crippen LogP contribution in [-0.4, -0.2) is 44.1 Å². The summed E-state index contributed by atoms with van der Waals surface area (Å²) in [6.45, 7) is 6.92. The van der Waals surface area contributed by atoms with Crippen LogP contribution in [0.5, 0.6) is 17.2 Å². The summed E-state index contributed by atoms with van der Waals surface area (Å²) in [5, 5.41) is 0. The van der Waals surface area contributed by atoms with Crippen molar-refractivity contribution >= 4 is 11.9 Å². The van der Waals surface area contributed by atoms with Crippen LogP contribution in [0.1, 0.15) is 39.9 Å². The van der Waals surface area contributed by atoms with Crippen LogP contribution in [0.4, 0.5) is 0 Å². The highest BCUT2D eigenvalue weighted by atomic mass is 16.5. The Bertz CT molecular complexity index is 923. The quantitative estimate of drug-likeness (QED) is 0.548. The number of piperidine rings is 1. The van der Waals surface area contributed by atoms with Crippen LogP contribution in [0.3, 0.4) is 0 Å². The Morgan fingerprint density at radius 3 is 2.03 bits per heavy atom.